The summed E-state index contributed by atoms with van der Waals surface area (Å²) in [6.07, 6.45) is 2.07. The Morgan fingerprint density at radius 2 is 2.00 bits per heavy atom. The maximum atomic E-state index is 4.49. The molecule has 0 aliphatic heterocycles. The predicted molar refractivity (Wildman–Crippen MR) is 72.9 cm³/mol. The van der Waals surface area contributed by atoms with Crippen molar-refractivity contribution < 1.29 is 0 Å². The number of aryl methyl sites for hydroxylation is 3. The Kier molecular flexibility index (Phi) is 3.41. The molecule has 0 amide bonds. The van der Waals surface area contributed by atoms with Crippen LogP contribution < -0.4 is 5.32 Å². The van der Waals surface area contributed by atoms with Crippen molar-refractivity contribution in [3.63, 3.8) is 0 Å². The molecule has 2 aromatic heterocycles. The lowest BCUT2D eigenvalue weighted by Gasteiger charge is -2.08. The number of hydrogen-bond donors (Lipinski definition) is 1. The Morgan fingerprint density at radius 1 is 1.28 bits per heavy atom. The van der Waals surface area contributed by atoms with Gasteiger partial charge in [0.25, 0.3) is 0 Å². The number of nitrogens with one attached hydrogen (secondary N) is 1. The fraction of sp³-hybridized carbons (Fsp3) is 0.538. The lowest BCUT2D eigenvalue weighted by Crippen LogP contribution is -2.08. The zero-order chi connectivity index (χ0) is 13.3. The topological polar surface area (TPSA) is 47.7 Å². The molecular formula is C13H21N5. The second kappa shape index (κ2) is 4.84. The minimum Gasteiger partial charge on any atom is -0.356 e. The molecule has 1 N–H and O–H groups in total. The molecule has 0 spiro atoms. The summed E-state index contributed by atoms with van der Waals surface area (Å²) in [5, 5.41) is 7.74. The Balaban J connectivity index is 2.33. The Bertz CT molecular complexity index is 550. The molecular weight excluding hydrogens is 226 g/mol. The maximum absolute atomic E-state index is 4.49. The van der Waals surface area contributed by atoms with E-state index in [1.807, 2.05) is 18.7 Å². The van der Waals surface area contributed by atoms with Crippen LogP contribution in [0.1, 0.15) is 29.6 Å². The van der Waals surface area contributed by atoms with E-state index in [0.29, 0.717) is 0 Å². The monoisotopic (exact) mass is 247 g/mol. The average Bonchev–Trinajstić information content (AvgIpc) is 2.75. The molecule has 0 saturated heterocycles. The number of aromatic nitrogens is 4. The van der Waals surface area contributed by atoms with Gasteiger partial charge in [-0.15, -0.1) is 0 Å². The minimum atomic E-state index is 0.814. The summed E-state index contributed by atoms with van der Waals surface area (Å²) in [5.74, 6) is 0.928. The quantitative estimate of drug-likeness (QED) is 0.899. The van der Waals surface area contributed by atoms with Crippen molar-refractivity contribution >= 4 is 5.95 Å². The first-order valence-electron chi connectivity index (χ1n) is 6.29. The molecule has 0 unspecified atom stereocenters. The molecule has 2 aromatic rings. The highest BCUT2D eigenvalue weighted by molar-refractivity contribution is 5.32. The SMILES string of the molecule is CCNc1nc(C)cn1Cc1c(C)nn(C)c1C. The van der Waals surface area contributed by atoms with Crippen molar-refractivity contribution in [1.82, 2.24) is 19.3 Å². The van der Waals surface area contributed by atoms with Crippen LogP contribution in [0.5, 0.6) is 0 Å². The molecule has 0 fully saturated rings. The van der Waals surface area contributed by atoms with Crippen molar-refractivity contribution in [2.75, 3.05) is 11.9 Å². The molecule has 2 heterocycles. The first kappa shape index (κ1) is 12.7. The van der Waals surface area contributed by atoms with E-state index in [9.17, 15) is 0 Å². The van der Waals surface area contributed by atoms with Gasteiger partial charge in [-0.05, 0) is 27.7 Å². The number of nitrogens with zero attached hydrogens (tertiary/aromatic N) is 4. The molecule has 5 nitrogen and oxygen atoms in total. The Labute approximate surface area is 108 Å². The fourth-order valence-corrected chi connectivity index (χ4v) is 2.18. The van der Waals surface area contributed by atoms with Gasteiger partial charge in [0, 0.05) is 31.0 Å². The van der Waals surface area contributed by atoms with Crippen LogP contribution in [-0.4, -0.2) is 25.9 Å². The normalized spacial score (nSPS) is 10.9. The van der Waals surface area contributed by atoms with Crippen LogP contribution in [0.15, 0.2) is 6.20 Å². The minimum absolute atomic E-state index is 0.814. The van der Waals surface area contributed by atoms with E-state index in [0.717, 1.165) is 30.4 Å². The van der Waals surface area contributed by atoms with Gasteiger partial charge in [-0.3, -0.25) is 4.68 Å². The van der Waals surface area contributed by atoms with Gasteiger partial charge >= 0.3 is 0 Å². The zero-order valence-corrected chi connectivity index (χ0v) is 11.8. The molecule has 0 bridgehead atoms. The van der Waals surface area contributed by atoms with Gasteiger partial charge in [-0.1, -0.05) is 0 Å². The largest absolute Gasteiger partial charge is 0.356 e. The third kappa shape index (κ3) is 2.25. The first-order valence-corrected chi connectivity index (χ1v) is 6.29. The van der Waals surface area contributed by atoms with E-state index >= 15 is 0 Å². The molecule has 0 atom stereocenters. The number of imidazole rings is 1. The maximum Gasteiger partial charge on any atom is 0.203 e. The van der Waals surface area contributed by atoms with Gasteiger partial charge in [-0.2, -0.15) is 5.10 Å². The number of rotatable bonds is 4. The number of anilines is 1. The van der Waals surface area contributed by atoms with E-state index in [2.05, 4.69) is 46.9 Å². The van der Waals surface area contributed by atoms with E-state index in [4.69, 9.17) is 0 Å². The van der Waals surface area contributed by atoms with Crippen molar-refractivity contribution in [2.24, 2.45) is 7.05 Å². The fourth-order valence-electron chi connectivity index (χ4n) is 2.18. The summed E-state index contributed by atoms with van der Waals surface area (Å²) >= 11 is 0. The van der Waals surface area contributed by atoms with Crippen LogP contribution >= 0.6 is 0 Å². The van der Waals surface area contributed by atoms with Gasteiger partial charge in [0.05, 0.1) is 17.9 Å². The second-order valence-corrected chi connectivity index (χ2v) is 4.64. The highest BCUT2D eigenvalue weighted by Crippen LogP contribution is 2.17. The van der Waals surface area contributed by atoms with Crippen LogP contribution in [0.25, 0.3) is 0 Å². The molecule has 0 saturated carbocycles. The van der Waals surface area contributed by atoms with Gasteiger partial charge < -0.3 is 9.88 Å². The molecule has 5 heteroatoms. The van der Waals surface area contributed by atoms with E-state index in [1.165, 1.54) is 11.3 Å². The van der Waals surface area contributed by atoms with Crippen molar-refractivity contribution in [1.29, 1.82) is 0 Å². The van der Waals surface area contributed by atoms with E-state index < -0.39 is 0 Å². The molecule has 18 heavy (non-hydrogen) atoms. The van der Waals surface area contributed by atoms with Crippen LogP contribution in [0.3, 0.4) is 0 Å². The third-order valence-corrected chi connectivity index (χ3v) is 3.22. The predicted octanol–water partition coefficient (Wildman–Crippen LogP) is 2.02. The Morgan fingerprint density at radius 3 is 2.56 bits per heavy atom. The van der Waals surface area contributed by atoms with Gasteiger partial charge in [0.15, 0.2) is 0 Å². The summed E-state index contributed by atoms with van der Waals surface area (Å²) in [6, 6.07) is 0. The highest BCUT2D eigenvalue weighted by atomic mass is 15.3. The molecule has 0 aliphatic rings. The van der Waals surface area contributed by atoms with Crippen molar-refractivity contribution in [2.45, 2.75) is 34.2 Å². The standard InChI is InChI=1S/C13H21N5/c1-6-14-13-15-9(2)7-18(13)8-12-10(3)16-17(5)11(12)4/h7H,6,8H2,1-5H3,(H,14,15). The van der Waals surface area contributed by atoms with Crippen LogP contribution in [0, 0.1) is 20.8 Å². The molecule has 0 aromatic carbocycles. The molecule has 98 valence electrons. The third-order valence-electron chi connectivity index (χ3n) is 3.22. The van der Waals surface area contributed by atoms with Crippen LogP contribution in [-0.2, 0) is 13.6 Å². The average molecular weight is 247 g/mol. The lowest BCUT2D eigenvalue weighted by atomic mass is 10.2. The van der Waals surface area contributed by atoms with Gasteiger partial charge in [0.1, 0.15) is 0 Å². The van der Waals surface area contributed by atoms with Gasteiger partial charge in [-0.25, -0.2) is 4.98 Å². The lowest BCUT2D eigenvalue weighted by molar-refractivity contribution is 0.727. The Hall–Kier alpha value is -1.78. The van der Waals surface area contributed by atoms with Crippen molar-refractivity contribution in [3.8, 4) is 0 Å². The molecule has 0 aliphatic carbocycles. The summed E-state index contributed by atoms with van der Waals surface area (Å²) < 4.78 is 4.08. The summed E-state index contributed by atoms with van der Waals surface area (Å²) in [7, 11) is 1.98. The first-order chi connectivity index (χ1) is 8.52. The summed E-state index contributed by atoms with van der Waals surface area (Å²) in [6.45, 7) is 9.94. The smallest absolute Gasteiger partial charge is 0.203 e. The van der Waals surface area contributed by atoms with Crippen LogP contribution in [0.2, 0.25) is 0 Å². The summed E-state index contributed by atoms with van der Waals surface area (Å²) in [4.78, 5) is 4.49. The summed E-state index contributed by atoms with van der Waals surface area (Å²) in [5.41, 5.74) is 4.60. The molecule has 2 rings (SSSR count). The van der Waals surface area contributed by atoms with E-state index in [1.54, 1.807) is 0 Å². The van der Waals surface area contributed by atoms with Crippen molar-refractivity contribution in [3.05, 3.63) is 28.8 Å². The van der Waals surface area contributed by atoms with E-state index in [-0.39, 0.29) is 0 Å². The van der Waals surface area contributed by atoms with Gasteiger partial charge in [0.2, 0.25) is 5.95 Å². The van der Waals surface area contributed by atoms with Crippen LogP contribution in [0.4, 0.5) is 5.95 Å². The number of hydrogen-bond acceptors (Lipinski definition) is 3. The zero-order valence-electron chi connectivity index (χ0n) is 11.8. The second-order valence-electron chi connectivity index (χ2n) is 4.64. The highest BCUT2D eigenvalue weighted by Gasteiger charge is 2.12. The molecule has 0 radical (unpaired) electrons.